The van der Waals surface area contributed by atoms with Gasteiger partial charge in [0.25, 0.3) is 5.91 Å². The number of hydrogen-bond donors (Lipinski definition) is 0. The SMILES string of the molecule is CN(CC1CCN(C(=O)c2nccc3ccccc23)CC1)C(=O)OC(C)(C)C. The molecule has 2 amide bonds. The number of carbonyl (C=O) groups is 2. The van der Waals surface area contributed by atoms with Crippen LogP contribution in [0.4, 0.5) is 4.79 Å². The molecule has 1 aromatic heterocycles. The van der Waals surface area contributed by atoms with Gasteiger partial charge in [-0.3, -0.25) is 9.78 Å². The molecular weight excluding hydrogens is 354 g/mol. The van der Waals surface area contributed by atoms with Gasteiger partial charge in [0, 0.05) is 38.3 Å². The standard InChI is InChI=1S/C22H29N3O3/c1-22(2,3)28-21(27)24(4)15-16-10-13-25(14-11-16)20(26)19-18-8-6-5-7-17(18)9-12-23-19/h5-9,12,16H,10-11,13-15H2,1-4H3. The number of likely N-dealkylation sites (tertiary alicyclic amines) is 1. The molecule has 0 atom stereocenters. The number of fused-ring (bicyclic) bond motifs is 1. The molecule has 2 aromatic rings. The molecule has 1 aromatic carbocycles. The van der Waals surface area contributed by atoms with Gasteiger partial charge in [-0.15, -0.1) is 0 Å². The van der Waals surface area contributed by atoms with Gasteiger partial charge in [-0.05, 0) is 51.0 Å². The lowest BCUT2D eigenvalue weighted by Crippen LogP contribution is -2.43. The Morgan fingerprint density at radius 1 is 1.18 bits per heavy atom. The maximum absolute atomic E-state index is 13.0. The summed E-state index contributed by atoms with van der Waals surface area (Å²) >= 11 is 0. The van der Waals surface area contributed by atoms with Crippen molar-refractivity contribution in [3.63, 3.8) is 0 Å². The second kappa shape index (κ2) is 8.17. The quantitative estimate of drug-likeness (QED) is 0.805. The van der Waals surface area contributed by atoms with E-state index in [4.69, 9.17) is 4.74 Å². The van der Waals surface area contributed by atoms with E-state index in [9.17, 15) is 9.59 Å². The molecule has 0 saturated carbocycles. The maximum atomic E-state index is 13.0. The highest BCUT2D eigenvalue weighted by atomic mass is 16.6. The van der Waals surface area contributed by atoms with Crippen molar-refractivity contribution >= 4 is 22.8 Å². The molecule has 0 unspecified atom stereocenters. The van der Waals surface area contributed by atoms with Crippen LogP contribution in [0.5, 0.6) is 0 Å². The molecular formula is C22H29N3O3. The van der Waals surface area contributed by atoms with Gasteiger partial charge in [-0.25, -0.2) is 4.79 Å². The van der Waals surface area contributed by atoms with Crippen molar-refractivity contribution in [1.82, 2.24) is 14.8 Å². The molecule has 6 nitrogen and oxygen atoms in total. The fourth-order valence-electron chi connectivity index (χ4n) is 3.56. The van der Waals surface area contributed by atoms with Crippen LogP contribution >= 0.6 is 0 Å². The maximum Gasteiger partial charge on any atom is 0.410 e. The van der Waals surface area contributed by atoms with E-state index in [1.165, 1.54) is 0 Å². The third kappa shape index (κ3) is 4.80. The Bertz CT molecular complexity index is 846. The number of rotatable bonds is 3. The van der Waals surface area contributed by atoms with Gasteiger partial charge in [-0.1, -0.05) is 24.3 Å². The van der Waals surface area contributed by atoms with Crippen LogP contribution in [0.3, 0.4) is 0 Å². The van der Waals surface area contributed by atoms with E-state index in [1.54, 1.807) is 18.1 Å². The highest BCUT2D eigenvalue weighted by Crippen LogP contribution is 2.23. The highest BCUT2D eigenvalue weighted by Gasteiger charge is 2.28. The number of piperidine rings is 1. The van der Waals surface area contributed by atoms with Crippen molar-refractivity contribution < 1.29 is 14.3 Å². The Morgan fingerprint density at radius 3 is 2.54 bits per heavy atom. The Balaban J connectivity index is 1.58. The summed E-state index contributed by atoms with van der Waals surface area (Å²) in [5.74, 6) is 0.345. The predicted molar refractivity (Wildman–Crippen MR) is 109 cm³/mol. The predicted octanol–water partition coefficient (Wildman–Crippen LogP) is 3.95. The zero-order valence-corrected chi connectivity index (χ0v) is 17.1. The zero-order chi connectivity index (χ0) is 20.3. The highest BCUT2D eigenvalue weighted by molar-refractivity contribution is 6.05. The number of amides is 2. The van der Waals surface area contributed by atoms with E-state index in [0.717, 1.165) is 23.6 Å². The molecule has 2 heterocycles. The van der Waals surface area contributed by atoms with Gasteiger partial charge in [0.05, 0.1) is 0 Å². The first-order chi connectivity index (χ1) is 13.2. The number of hydrogen-bond acceptors (Lipinski definition) is 4. The molecule has 0 aliphatic carbocycles. The van der Waals surface area contributed by atoms with Crippen molar-refractivity contribution in [2.75, 3.05) is 26.7 Å². The first-order valence-electron chi connectivity index (χ1n) is 9.82. The summed E-state index contributed by atoms with van der Waals surface area (Å²) in [6.07, 6.45) is 3.12. The fourth-order valence-corrected chi connectivity index (χ4v) is 3.56. The number of pyridine rings is 1. The van der Waals surface area contributed by atoms with Gasteiger partial charge in [0.15, 0.2) is 0 Å². The monoisotopic (exact) mass is 383 g/mol. The topological polar surface area (TPSA) is 62.7 Å². The summed E-state index contributed by atoms with van der Waals surface area (Å²) in [5.41, 5.74) is 0.0227. The molecule has 0 N–H and O–H groups in total. The van der Waals surface area contributed by atoms with E-state index in [2.05, 4.69) is 4.98 Å². The third-order valence-corrected chi connectivity index (χ3v) is 5.02. The van der Waals surface area contributed by atoms with E-state index in [-0.39, 0.29) is 12.0 Å². The van der Waals surface area contributed by atoms with Crippen LogP contribution in [0.1, 0.15) is 44.1 Å². The molecule has 28 heavy (non-hydrogen) atoms. The second-order valence-corrected chi connectivity index (χ2v) is 8.48. The van der Waals surface area contributed by atoms with Crippen LogP contribution in [0, 0.1) is 5.92 Å². The lowest BCUT2D eigenvalue weighted by Gasteiger charge is -2.34. The van der Waals surface area contributed by atoms with E-state index in [1.807, 2.05) is 56.0 Å². The van der Waals surface area contributed by atoms with E-state index < -0.39 is 5.60 Å². The average Bonchev–Trinajstić information content (AvgIpc) is 2.66. The Kier molecular flexibility index (Phi) is 5.87. The van der Waals surface area contributed by atoms with Crippen molar-refractivity contribution in [3.05, 3.63) is 42.2 Å². The number of ether oxygens (including phenoxy) is 1. The Labute approximate surface area is 166 Å². The normalized spacial score (nSPS) is 15.5. The van der Waals surface area contributed by atoms with Gasteiger partial charge in [-0.2, -0.15) is 0 Å². The molecule has 150 valence electrons. The van der Waals surface area contributed by atoms with Gasteiger partial charge < -0.3 is 14.5 Å². The minimum Gasteiger partial charge on any atom is -0.444 e. The van der Waals surface area contributed by atoms with Crippen LogP contribution in [0.15, 0.2) is 36.5 Å². The number of aromatic nitrogens is 1. The van der Waals surface area contributed by atoms with Crippen LogP contribution in [0.2, 0.25) is 0 Å². The summed E-state index contributed by atoms with van der Waals surface area (Å²) < 4.78 is 5.41. The number of nitrogens with zero attached hydrogens (tertiary/aromatic N) is 3. The molecule has 1 fully saturated rings. The minimum atomic E-state index is -0.493. The average molecular weight is 383 g/mol. The minimum absolute atomic E-state index is 0.0178. The van der Waals surface area contributed by atoms with Gasteiger partial charge in [0.1, 0.15) is 11.3 Å². The summed E-state index contributed by atoms with van der Waals surface area (Å²) in [5, 5.41) is 1.91. The van der Waals surface area contributed by atoms with Crippen molar-refractivity contribution in [2.45, 2.75) is 39.2 Å². The molecule has 0 spiro atoms. The molecule has 3 rings (SSSR count). The lowest BCUT2D eigenvalue weighted by atomic mass is 9.96. The zero-order valence-electron chi connectivity index (χ0n) is 17.1. The third-order valence-electron chi connectivity index (χ3n) is 5.02. The van der Waals surface area contributed by atoms with E-state index >= 15 is 0 Å². The molecule has 1 saturated heterocycles. The summed E-state index contributed by atoms with van der Waals surface area (Å²) in [6.45, 7) is 7.59. The second-order valence-electron chi connectivity index (χ2n) is 8.48. The first kappa shape index (κ1) is 20.1. The first-order valence-corrected chi connectivity index (χ1v) is 9.82. The summed E-state index contributed by atoms with van der Waals surface area (Å²) in [7, 11) is 1.77. The number of benzene rings is 1. The summed E-state index contributed by atoms with van der Waals surface area (Å²) in [6, 6.07) is 9.75. The van der Waals surface area contributed by atoms with Crippen molar-refractivity contribution in [1.29, 1.82) is 0 Å². The molecule has 0 bridgehead atoms. The smallest absolute Gasteiger partial charge is 0.410 e. The summed E-state index contributed by atoms with van der Waals surface area (Å²) in [4.78, 5) is 33.0. The van der Waals surface area contributed by atoms with Crippen LogP contribution < -0.4 is 0 Å². The van der Waals surface area contributed by atoms with Crippen LogP contribution in [-0.2, 0) is 4.74 Å². The van der Waals surface area contributed by atoms with Crippen LogP contribution in [-0.4, -0.2) is 59.1 Å². The number of carbonyl (C=O) groups excluding carboxylic acids is 2. The van der Waals surface area contributed by atoms with Gasteiger partial charge in [0.2, 0.25) is 0 Å². The molecule has 6 heteroatoms. The van der Waals surface area contributed by atoms with Crippen LogP contribution in [0.25, 0.3) is 10.8 Å². The Hall–Kier alpha value is -2.63. The van der Waals surface area contributed by atoms with Gasteiger partial charge >= 0.3 is 6.09 Å². The van der Waals surface area contributed by atoms with E-state index in [0.29, 0.717) is 31.2 Å². The molecule has 0 radical (unpaired) electrons. The molecule has 1 aliphatic heterocycles. The molecule has 1 aliphatic rings. The van der Waals surface area contributed by atoms with Crippen molar-refractivity contribution in [2.24, 2.45) is 5.92 Å². The van der Waals surface area contributed by atoms with Crippen molar-refractivity contribution in [3.8, 4) is 0 Å². The fraction of sp³-hybridized carbons (Fsp3) is 0.500. The lowest BCUT2D eigenvalue weighted by molar-refractivity contribution is 0.0246. The largest absolute Gasteiger partial charge is 0.444 e. The Morgan fingerprint density at radius 2 is 1.86 bits per heavy atom.